The van der Waals surface area contributed by atoms with E-state index in [-0.39, 0.29) is 18.6 Å². The Morgan fingerprint density at radius 3 is 2.83 bits per heavy atom. The number of thioether (sulfide) groups is 1. The van der Waals surface area contributed by atoms with Gasteiger partial charge in [-0.15, -0.1) is 23.1 Å². The van der Waals surface area contributed by atoms with Gasteiger partial charge >= 0.3 is 0 Å². The second-order valence-electron chi connectivity index (χ2n) is 4.26. The number of hydrogen-bond acceptors (Lipinski definition) is 5. The number of carbonyl (C=O) groups excluding carboxylic acids is 1. The molecule has 0 bridgehead atoms. The van der Waals surface area contributed by atoms with E-state index >= 15 is 0 Å². The lowest BCUT2D eigenvalue weighted by atomic mass is 10.3. The highest BCUT2D eigenvalue weighted by molar-refractivity contribution is 7.99. The Bertz CT molecular complexity index is 380. The number of aromatic nitrogens is 1. The van der Waals surface area contributed by atoms with E-state index in [1.165, 1.54) is 0 Å². The van der Waals surface area contributed by atoms with Crippen molar-refractivity contribution in [3.8, 4) is 0 Å². The van der Waals surface area contributed by atoms with Crippen molar-refractivity contribution in [3.63, 3.8) is 0 Å². The fourth-order valence-corrected chi connectivity index (χ4v) is 3.10. The van der Waals surface area contributed by atoms with Crippen LogP contribution in [0.25, 0.3) is 0 Å². The molecule has 1 N–H and O–H groups in total. The molecule has 0 spiro atoms. The third-order valence-corrected chi connectivity index (χ3v) is 4.20. The molecule has 1 aromatic rings. The van der Waals surface area contributed by atoms with E-state index in [9.17, 15) is 4.79 Å². The van der Waals surface area contributed by atoms with Crippen molar-refractivity contribution in [2.24, 2.45) is 0 Å². The number of nitrogens with zero attached hydrogens (tertiary/aromatic N) is 2. The molecule has 0 aromatic carbocycles. The van der Waals surface area contributed by atoms with Gasteiger partial charge < -0.3 is 10.0 Å². The highest BCUT2D eigenvalue weighted by Crippen LogP contribution is 2.16. The van der Waals surface area contributed by atoms with Crippen LogP contribution in [0.1, 0.15) is 24.5 Å². The Hall–Kier alpha value is -0.590. The van der Waals surface area contributed by atoms with E-state index in [4.69, 9.17) is 5.11 Å². The topological polar surface area (TPSA) is 53.4 Å². The number of rotatable bonds is 7. The molecule has 0 aliphatic heterocycles. The Morgan fingerprint density at radius 1 is 1.61 bits per heavy atom. The summed E-state index contributed by atoms with van der Waals surface area (Å²) in [6.07, 6.45) is 0. The zero-order valence-corrected chi connectivity index (χ0v) is 12.7. The Balaban J connectivity index is 2.35. The Kier molecular flexibility index (Phi) is 6.67. The van der Waals surface area contributed by atoms with Crippen LogP contribution in [0.4, 0.5) is 0 Å². The predicted molar refractivity (Wildman–Crippen MR) is 76.9 cm³/mol. The third-order valence-electron chi connectivity index (χ3n) is 2.43. The van der Waals surface area contributed by atoms with E-state index < -0.39 is 0 Å². The largest absolute Gasteiger partial charge is 0.395 e. The molecule has 4 nitrogen and oxygen atoms in total. The first-order valence-electron chi connectivity index (χ1n) is 5.93. The Morgan fingerprint density at radius 2 is 2.33 bits per heavy atom. The molecule has 0 aliphatic carbocycles. The number of aryl methyl sites for hydroxylation is 1. The lowest BCUT2D eigenvalue weighted by Gasteiger charge is -2.25. The van der Waals surface area contributed by atoms with E-state index in [0.29, 0.717) is 12.3 Å². The molecule has 0 unspecified atom stereocenters. The van der Waals surface area contributed by atoms with Crippen LogP contribution in [0, 0.1) is 6.92 Å². The molecule has 0 fully saturated rings. The average molecular weight is 288 g/mol. The van der Waals surface area contributed by atoms with Gasteiger partial charge in [-0.1, -0.05) is 0 Å². The van der Waals surface area contributed by atoms with Gasteiger partial charge in [0.1, 0.15) is 0 Å². The normalized spacial score (nSPS) is 10.9. The average Bonchev–Trinajstić information content (AvgIpc) is 2.71. The smallest absolute Gasteiger partial charge is 0.232 e. The van der Waals surface area contributed by atoms with Crippen molar-refractivity contribution < 1.29 is 9.90 Å². The van der Waals surface area contributed by atoms with Crippen molar-refractivity contribution in [2.45, 2.75) is 32.6 Å². The first-order chi connectivity index (χ1) is 8.54. The van der Waals surface area contributed by atoms with Gasteiger partial charge in [-0.2, -0.15) is 0 Å². The fourth-order valence-electron chi connectivity index (χ4n) is 1.58. The van der Waals surface area contributed by atoms with Gasteiger partial charge in [0.05, 0.1) is 23.1 Å². The molecule has 0 aliphatic rings. The highest BCUT2D eigenvalue weighted by Gasteiger charge is 2.16. The number of hydrogen-bond donors (Lipinski definition) is 1. The molecule has 6 heteroatoms. The fraction of sp³-hybridized carbons (Fsp3) is 0.667. The lowest BCUT2D eigenvalue weighted by molar-refractivity contribution is -0.130. The number of carbonyl (C=O) groups is 1. The lowest BCUT2D eigenvalue weighted by Crippen LogP contribution is -2.40. The van der Waals surface area contributed by atoms with Crippen LogP contribution in [0.15, 0.2) is 5.38 Å². The van der Waals surface area contributed by atoms with Gasteiger partial charge in [0.25, 0.3) is 0 Å². The molecule has 18 heavy (non-hydrogen) atoms. The van der Waals surface area contributed by atoms with E-state index in [1.807, 2.05) is 26.2 Å². The molecular weight excluding hydrogens is 268 g/mol. The summed E-state index contributed by atoms with van der Waals surface area (Å²) in [4.78, 5) is 18.0. The van der Waals surface area contributed by atoms with E-state index in [1.54, 1.807) is 28.0 Å². The zero-order chi connectivity index (χ0) is 13.5. The van der Waals surface area contributed by atoms with Gasteiger partial charge in [-0.25, -0.2) is 4.98 Å². The summed E-state index contributed by atoms with van der Waals surface area (Å²) in [5, 5.41) is 12.0. The predicted octanol–water partition coefficient (Wildman–Crippen LogP) is 1.91. The summed E-state index contributed by atoms with van der Waals surface area (Å²) in [6.45, 7) is 6.32. The van der Waals surface area contributed by atoms with Crippen LogP contribution < -0.4 is 0 Å². The maximum absolute atomic E-state index is 11.9. The van der Waals surface area contributed by atoms with Crippen LogP contribution in [0.5, 0.6) is 0 Å². The molecule has 1 aromatic heterocycles. The van der Waals surface area contributed by atoms with E-state index in [2.05, 4.69) is 4.98 Å². The van der Waals surface area contributed by atoms with Gasteiger partial charge in [-0.05, 0) is 20.8 Å². The molecule has 0 atom stereocenters. The van der Waals surface area contributed by atoms with Crippen LogP contribution in [-0.2, 0) is 10.5 Å². The van der Waals surface area contributed by atoms with Crippen LogP contribution in [-0.4, -0.2) is 45.8 Å². The van der Waals surface area contributed by atoms with Gasteiger partial charge in [0, 0.05) is 23.7 Å². The standard InChI is InChI=1S/C12H20N2O2S2/c1-9(2)14(4-5-15)12(16)8-17-6-11-7-18-10(3)13-11/h7,9,15H,4-6,8H2,1-3H3. The number of aliphatic hydroxyl groups is 1. The van der Waals surface area contributed by atoms with Crippen molar-refractivity contribution in [2.75, 3.05) is 18.9 Å². The molecule has 0 saturated carbocycles. The molecular formula is C12H20N2O2S2. The van der Waals surface area contributed by atoms with Crippen molar-refractivity contribution in [1.82, 2.24) is 9.88 Å². The quantitative estimate of drug-likeness (QED) is 0.833. The monoisotopic (exact) mass is 288 g/mol. The summed E-state index contributed by atoms with van der Waals surface area (Å²) in [6, 6.07) is 0.131. The van der Waals surface area contributed by atoms with Crippen molar-refractivity contribution in [3.05, 3.63) is 16.1 Å². The SMILES string of the molecule is Cc1nc(CSCC(=O)N(CCO)C(C)C)cs1. The number of amides is 1. The molecule has 1 amide bonds. The first-order valence-corrected chi connectivity index (χ1v) is 7.97. The van der Waals surface area contributed by atoms with Crippen LogP contribution >= 0.6 is 23.1 Å². The maximum Gasteiger partial charge on any atom is 0.232 e. The zero-order valence-electron chi connectivity index (χ0n) is 11.0. The second-order valence-corrected chi connectivity index (χ2v) is 6.30. The third kappa shape index (κ3) is 4.96. The summed E-state index contributed by atoms with van der Waals surface area (Å²) >= 11 is 3.20. The van der Waals surface area contributed by atoms with E-state index in [0.717, 1.165) is 16.5 Å². The summed E-state index contributed by atoms with van der Waals surface area (Å²) in [7, 11) is 0. The summed E-state index contributed by atoms with van der Waals surface area (Å²) < 4.78 is 0. The number of aliphatic hydroxyl groups excluding tert-OH is 1. The minimum atomic E-state index is 0.0138. The molecule has 1 rings (SSSR count). The van der Waals surface area contributed by atoms with Crippen LogP contribution in [0.2, 0.25) is 0 Å². The van der Waals surface area contributed by atoms with Crippen molar-refractivity contribution >= 4 is 29.0 Å². The molecule has 0 radical (unpaired) electrons. The first kappa shape index (κ1) is 15.5. The molecule has 102 valence electrons. The Labute approximate surface area is 116 Å². The van der Waals surface area contributed by atoms with Gasteiger partial charge in [-0.3, -0.25) is 4.79 Å². The maximum atomic E-state index is 11.9. The van der Waals surface area contributed by atoms with Crippen LogP contribution in [0.3, 0.4) is 0 Å². The molecule has 1 heterocycles. The molecule has 0 saturated heterocycles. The highest BCUT2D eigenvalue weighted by atomic mass is 32.2. The summed E-state index contributed by atoms with van der Waals surface area (Å²) in [5.74, 6) is 1.28. The minimum absolute atomic E-state index is 0.0138. The number of thiazole rings is 1. The van der Waals surface area contributed by atoms with Crippen molar-refractivity contribution in [1.29, 1.82) is 0 Å². The van der Waals surface area contributed by atoms with Gasteiger partial charge in [0.2, 0.25) is 5.91 Å². The second kappa shape index (κ2) is 7.76. The van der Waals surface area contributed by atoms with Gasteiger partial charge in [0.15, 0.2) is 0 Å². The summed E-state index contributed by atoms with van der Waals surface area (Å²) in [5.41, 5.74) is 1.04. The minimum Gasteiger partial charge on any atom is -0.395 e.